The molecule has 2 aliphatic rings. The van der Waals surface area contributed by atoms with E-state index >= 15 is 0 Å². The predicted octanol–water partition coefficient (Wildman–Crippen LogP) is 16.0. The van der Waals surface area contributed by atoms with Crippen LogP contribution in [-0.2, 0) is 5.41 Å². The van der Waals surface area contributed by atoms with Crippen LogP contribution >= 0.6 is 0 Å². The molecule has 65 heavy (non-hydrogen) atoms. The van der Waals surface area contributed by atoms with Gasteiger partial charge in [-0.1, -0.05) is 176 Å². The largest absolute Gasteiger partial charge is 0.457 e. The number of pyridine rings is 1. The Kier molecular flexibility index (Phi) is 7.61. The van der Waals surface area contributed by atoms with Crippen LogP contribution in [0.5, 0.6) is 11.5 Å². The standard InChI is InChI=1S/C62H38N2O/c1-3-15-41(16-4-1)61-48-33-35-56-60(47-21-9-13-25-55(47)64(56)44-17-5-2-6-18-44)59(48)49-37-42(31-34-54(49)63-61)39-27-29-40(30-28-39)43-32-36-58-53(38-43)62(52-24-12-14-26-57(52)65-58)50-22-10-7-19-45(50)46-20-8-11-23-51(46)62/h1-38H. The second-order valence-electron chi connectivity index (χ2n) is 17.4. The first-order valence-corrected chi connectivity index (χ1v) is 22.4. The molecule has 0 saturated carbocycles. The van der Waals surface area contributed by atoms with E-state index in [1.54, 1.807) is 0 Å². The summed E-state index contributed by atoms with van der Waals surface area (Å²) in [6, 6.07) is 83.6. The van der Waals surface area contributed by atoms with Crippen molar-refractivity contribution in [3.8, 4) is 61.8 Å². The third-order valence-electron chi connectivity index (χ3n) is 14.1. The van der Waals surface area contributed by atoms with Crippen LogP contribution in [0.25, 0.3) is 93.8 Å². The highest BCUT2D eigenvalue weighted by molar-refractivity contribution is 6.29. The van der Waals surface area contributed by atoms with Gasteiger partial charge in [0, 0.05) is 49.3 Å². The van der Waals surface area contributed by atoms with Crippen molar-refractivity contribution < 1.29 is 4.74 Å². The molecule has 1 aliphatic carbocycles. The number of hydrogen-bond donors (Lipinski definition) is 0. The molecule has 0 N–H and O–H groups in total. The SMILES string of the molecule is c1ccc(-c2nc3ccc(-c4ccc(-c5ccc6c(c5)C5(c7ccccc7O6)c6ccccc6-c6ccccc65)cc4)cc3c3c2ccc2c3c3ccccc3n2-c2ccccc2)cc1. The van der Waals surface area contributed by atoms with E-state index in [0.29, 0.717) is 0 Å². The average Bonchev–Trinajstić information content (AvgIpc) is 3.87. The van der Waals surface area contributed by atoms with Gasteiger partial charge in [0.1, 0.15) is 11.5 Å². The van der Waals surface area contributed by atoms with Crippen molar-refractivity contribution in [2.45, 2.75) is 5.41 Å². The fraction of sp³-hybridized carbons (Fsp3) is 0.0161. The molecule has 0 amide bonds. The summed E-state index contributed by atoms with van der Waals surface area (Å²) in [7, 11) is 0. The third kappa shape index (κ3) is 5.09. The molecular formula is C62H38N2O. The van der Waals surface area contributed by atoms with E-state index in [9.17, 15) is 0 Å². The van der Waals surface area contributed by atoms with Crippen LogP contribution in [-0.4, -0.2) is 9.55 Å². The summed E-state index contributed by atoms with van der Waals surface area (Å²) in [5, 5.41) is 5.97. The Morgan fingerprint density at radius 2 is 0.938 bits per heavy atom. The summed E-state index contributed by atoms with van der Waals surface area (Å²) in [5.41, 5.74) is 18.2. The molecule has 1 spiro atoms. The highest BCUT2D eigenvalue weighted by Crippen LogP contribution is 2.62. The van der Waals surface area contributed by atoms with Crippen molar-refractivity contribution in [1.29, 1.82) is 0 Å². The zero-order valence-electron chi connectivity index (χ0n) is 35.2. The summed E-state index contributed by atoms with van der Waals surface area (Å²) >= 11 is 0. The number of hydrogen-bond acceptors (Lipinski definition) is 2. The van der Waals surface area contributed by atoms with Crippen LogP contribution in [0.3, 0.4) is 0 Å². The van der Waals surface area contributed by atoms with Gasteiger partial charge in [-0.25, -0.2) is 4.98 Å². The quantitative estimate of drug-likeness (QED) is 0.165. The Morgan fingerprint density at radius 1 is 0.354 bits per heavy atom. The molecule has 3 heteroatoms. The maximum Gasteiger partial charge on any atom is 0.132 e. The Labute approximate surface area is 376 Å². The second-order valence-corrected chi connectivity index (χ2v) is 17.4. The second kappa shape index (κ2) is 13.7. The van der Waals surface area contributed by atoms with Crippen LogP contribution in [0.15, 0.2) is 231 Å². The summed E-state index contributed by atoms with van der Waals surface area (Å²) < 4.78 is 9.13. The minimum atomic E-state index is -0.506. The molecule has 3 nitrogen and oxygen atoms in total. The summed E-state index contributed by atoms with van der Waals surface area (Å²) in [6.45, 7) is 0. The average molecular weight is 827 g/mol. The molecule has 0 unspecified atom stereocenters. The monoisotopic (exact) mass is 826 g/mol. The van der Waals surface area contributed by atoms with Crippen LogP contribution in [0.2, 0.25) is 0 Å². The van der Waals surface area contributed by atoms with Crippen molar-refractivity contribution >= 4 is 43.5 Å². The maximum absolute atomic E-state index is 6.73. The lowest BCUT2D eigenvalue weighted by atomic mass is 9.66. The topological polar surface area (TPSA) is 27.1 Å². The van der Waals surface area contributed by atoms with Gasteiger partial charge in [0.05, 0.1) is 27.7 Å². The van der Waals surface area contributed by atoms with Crippen LogP contribution in [0.1, 0.15) is 22.3 Å². The number of ether oxygens (including phenoxy) is 1. The van der Waals surface area contributed by atoms with Crippen LogP contribution < -0.4 is 4.74 Å². The van der Waals surface area contributed by atoms with Crippen LogP contribution in [0.4, 0.5) is 0 Å². The van der Waals surface area contributed by atoms with Crippen molar-refractivity contribution in [3.63, 3.8) is 0 Å². The van der Waals surface area contributed by atoms with Crippen molar-refractivity contribution in [2.75, 3.05) is 0 Å². The number of para-hydroxylation sites is 3. The van der Waals surface area contributed by atoms with Gasteiger partial charge in [0.25, 0.3) is 0 Å². The Balaban J connectivity index is 0.938. The molecule has 0 radical (unpaired) electrons. The van der Waals surface area contributed by atoms with Gasteiger partial charge >= 0.3 is 0 Å². The Morgan fingerprint density at radius 3 is 1.69 bits per heavy atom. The highest BCUT2D eigenvalue weighted by Gasteiger charge is 2.51. The predicted molar refractivity (Wildman–Crippen MR) is 267 cm³/mol. The van der Waals surface area contributed by atoms with Gasteiger partial charge < -0.3 is 9.30 Å². The minimum Gasteiger partial charge on any atom is -0.457 e. The van der Waals surface area contributed by atoms with E-state index in [0.717, 1.165) is 67.0 Å². The lowest BCUT2D eigenvalue weighted by molar-refractivity contribution is 0.436. The van der Waals surface area contributed by atoms with Gasteiger partial charge in [-0.3, -0.25) is 0 Å². The molecule has 302 valence electrons. The van der Waals surface area contributed by atoms with Gasteiger partial charge in [0.2, 0.25) is 0 Å². The fourth-order valence-corrected chi connectivity index (χ4v) is 11.3. The number of nitrogens with zero attached hydrogens (tertiary/aromatic N) is 2. The van der Waals surface area contributed by atoms with Gasteiger partial charge in [-0.05, 0) is 99.1 Å². The first-order chi connectivity index (χ1) is 32.2. The molecule has 0 saturated heterocycles. The van der Waals surface area contributed by atoms with E-state index < -0.39 is 5.41 Å². The molecule has 14 rings (SSSR count). The molecule has 3 heterocycles. The lowest BCUT2D eigenvalue weighted by Crippen LogP contribution is -2.32. The zero-order valence-corrected chi connectivity index (χ0v) is 35.2. The molecule has 0 atom stereocenters. The van der Waals surface area contributed by atoms with E-state index in [1.807, 2.05) is 0 Å². The number of rotatable bonds is 4. The Hall–Kier alpha value is -8.53. The fourth-order valence-electron chi connectivity index (χ4n) is 11.3. The third-order valence-corrected chi connectivity index (χ3v) is 14.1. The first-order valence-electron chi connectivity index (χ1n) is 22.4. The zero-order chi connectivity index (χ0) is 42.6. The Bertz CT molecular complexity index is 3860. The molecule has 0 bridgehead atoms. The van der Waals surface area contributed by atoms with Gasteiger partial charge in [-0.2, -0.15) is 0 Å². The molecule has 0 fully saturated rings. The summed E-state index contributed by atoms with van der Waals surface area (Å²) in [4.78, 5) is 5.40. The number of fused-ring (bicyclic) bond motifs is 16. The number of benzene rings is 10. The van der Waals surface area contributed by atoms with Crippen molar-refractivity contribution in [2.24, 2.45) is 0 Å². The van der Waals surface area contributed by atoms with Crippen molar-refractivity contribution in [1.82, 2.24) is 9.55 Å². The first kappa shape index (κ1) is 36.0. The highest BCUT2D eigenvalue weighted by atomic mass is 16.5. The van der Waals surface area contributed by atoms with Gasteiger partial charge in [0.15, 0.2) is 0 Å². The summed E-state index contributed by atoms with van der Waals surface area (Å²) in [5.74, 6) is 1.80. The van der Waals surface area contributed by atoms with E-state index in [2.05, 4.69) is 235 Å². The molecule has 12 aromatic rings. The lowest BCUT2D eigenvalue weighted by Gasteiger charge is -2.39. The minimum absolute atomic E-state index is 0.506. The van der Waals surface area contributed by atoms with E-state index in [1.165, 1.54) is 60.6 Å². The molecule has 1 aliphatic heterocycles. The molecular weight excluding hydrogens is 789 g/mol. The molecule has 2 aromatic heterocycles. The van der Waals surface area contributed by atoms with E-state index in [-0.39, 0.29) is 0 Å². The molecule has 10 aromatic carbocycles. The van der Waals surface area contributed by atoms with E-state index in [4.69, 9.17) is 9.72 Å². The number of aromatic nitrogens is 2. The smallest absolute Gasteiger partial charge is 0.132 e. The van der Waals surface area contributed by atoms with Crippen molar-refractivity contribution in [3.05, 3.63) is 253 Å². The summed E-state index contributed by atoms with van der Waals surface area (Å²) in [6.07, 6.45) is 0. The van der Waals surface area contributed by atoms with Crippen LogP contribution in [0, 0.1) is 0 Å². The van der Waals surface area contributed by atoms with Gasteiger partial charge in [-0.15, -0.1) is 0 Å². The maximum atomic E-state index is 6.73. The normalized spacial score (nSPS) is 13.2.